The van der Waals surface area contributed by atoms with E-state index in [2.05, 4.69) is 21.4 Å². The highest BCUT2D eigenvalue weighted by Crippen LogP contribution is 2.29. The number of aldehydes is 1. The highest BCUT2D eigenvalue weighted by atomic mass is 16.1. The highest BCUT2D eigenvalue weighted by Gasteiger charge is 2.19. The number of aromatic nitrogens is 2. The van der Waals surface area contributed by atoms with Crippen LogP contribution in [0.15, 0.2) is 42.6 Å². The summed E-state index contributed by atoms with van der Waals surface area (Å²) in [5, 5.41) is 12.5. The quantitative estimate of drug-likeness (QED) is 0.722. The maximum Gasteiger partial charge on any atom is 0.153 e. The number of pyridine rings is 2. The number of nitrogens with one attached hydrogen (secondary N) is 1. The number of anilines is 2. The van der Waals surface area contributed by atoms with E-state index in [0.717, 1.165) is 28.7 Å². The van der Waals surface area contributed by atoms with Crippen LogP contribution in [0.2, 0.25) is 0 Å². The van der Waals surface area contributed by atoms with Gasteiger partial charge in [-0.3, -0.25) is 9.78 Å². The monoisotopic (exact) mass is 330 g/mol. The fourth-order valence-corrected chi connectivity index (χ4v) is 2.58. The van der Waals surface area contributed by atoms with E-state index >= 15 is 0 Å². The van der Waals surface area contributed by atoms with Crippen LogP contribution in [-0.2, 0) is 5.41 Å². The van der Waals surface area contributed by atoms with Gasteiger partial charge in [0, 0.05) is 17.6 Å². The molecule has 0 spiro atoms. The number of fused-ring (bicyclic) bond motifs is 1. The fourth-order valence-electron chi connectivity index (χ4n) is 2.58. The van der Waals surface area contributed by atoms with Crippen LogP contribution >= 0.6 is 0 Å². The van der Waals surface area contributed by atoms with Crippen molar-refractivity contribution in [2.75, 3.05) is 5.32 Å². The largest absolute Gasteiger partial charge is 0.353 e. The van der Waals surface area contributed by atoms with Crippen molar-refractivity contribution in [2.24, 2.45) is 0 Å². The number of rotatable bonds is 4. The zero-order valence-electron chi connectivity index (χ0n) is 14.4. The third kappa shape index (κ3) is 3.20. The van der Waals surface area contributed by atoms with Gasteiger partial charge in [-0.15, -0.1) is 0 Å². The van der Waals surface area contributed by atoms with Crippen LogP contribution in [0.5, 0.6) is 0 Å². The summed E-state index contributed by atoms with van der Waals surface area (Å²) in [7, 11) is 0. The normalized spacial score (nSPS) is 11.1. The first-order valence-electron chi connectivity index (χ1n) is 7.95. The summed E-state index contributed by atoms with van der Waals surface area (Å²) in [6, 6.07) is 13.7. The van der Waals surface area contributed by atoms with Gasteiger partial charge in [0.15, 0.2) is 6.29 Å². The summed E-state index contributed by atoms with van der Waals surface area (Å²) in [6.45, 7) is 5.65. The van der Waals surface area contributed by atoms with E-state index in [1.54, 1.807) is 6.20 Å². The first-order chi connectivity index (χ1) is 11.9. The average Bonchev–Trinajstić information content (AvgIpc) is 2.62. The van der Waals surface area contributed by atoms with Gasteiger partial charge in [-0.05, 0) is 50.6 Å². The van der Waals surface area contributed by atoms with E-state index in [-0.39, 0.29) is 0 Å². The summed E-state index contributed by atoms with van der Waals surface area (Å²) in [6.07, 6.45) is 2.31. The Kier molecular flexibility index (Phi) is 4.20. The molecule has 0 saturated heterocycles. The second-order valence-corrected chi connectivity index (χ2v) is 6.47. The molecule has 0 bridgehead atoms. The van der Waals surface area contributed by atoms with E-state index < -0.39 is 5.41 Å². The Balaban J connectivity index is 2.04. The van der Waals surface area contributed by atoms with E-state index in [9.17, 15) is 10.1 Å². The number of hydrogen-bond donors (Lipinski definition) is 1. The van der Waals surface area contributed by atoms with Gasteiger partial charge in [0.1, 0.15) is 5.52 Å². The SMILES string of the molecule is Cc1ccc2ncc(C=O)c(Nc3ccc(C(C)(C)C#N)cc3)c2n1. The standard InChI is InChI=1S/C20H18N4O/c1-13-4-9-17-19(23-13)18(14(11-25)10-22-17)24-16-7-5-15(6-8-16)20(2,3)12-21/h4-11H,1-3H3,(H,22,24). The predicted octanol–water partition coefficient (Wildman–Crippen LogP) is 4.30. The Morgan fingerprint density at radius 3 is 2.52 bits per heavy atom. The van der Waals surface area contributed by atoms with E-state index in [1.165, 1.54) is 0 Å². The molecule has 0 unspecified atom stereocenters. The van der Waals surface area contributed by atoms with Crippen molar-refractivity contribution in [3.8, 4) is 6.07 Å². The van der Waals surface area contributed by atoms with Gasteiger partial charge < -0.3 is 5.32 Å². The van der Waals surface area contributed by atoms with E-state index in [4.69, 9.17) is 0 Å². The smallest absolute Gasteiger partial charge is 0.153 e. The lowest BCUT2D eigenvalue weighted by molar-refractivity contribution is 0.112. The molecule has 1 N–H and O–H groups in total. The Morgan fingerprint density at radius 2 is 1.88 bits per heavy atom. The van der Waals surface area contributed by atoms with Crippen molar-refractivity contribution in [3.63, 3.8) is 0 Å². The molecule has 0 amide bonds. The number of carbonyl (C=O) groups is 1. The maximum absolute atomic E-state index is 11.4. The molecule has 5 heteroatoms. The number of benzene rings is 1. The Bertz CT molecular complexity index is 985. The minimum atomic E-state index is -0.547. The Morgan fingerprint density at radius 1 is 1.16 bits per heavy atom. The van der Waals surface area contributed by atoms with Crippen molar-refractivity contribution in [1.29, 1.82) is 5.26 Å². The molecule has 0 aliphatic heterocycles. The molecule has 0 fully saturated rings. The molecule has 25 heavy (non-hydrogen) atoms. The molecule has 3 rings (SSSR count). The van der Waals surface area contributed by atoms with Crippen LogP contribution in [0.25, 0.3) is 11.0 Å². The van der Waals surface area contributed by atoms with Crippen molar-refractivity contribution in [2.45, 2.75) is 26.2 Å². The second kappa shape index (κ2) is 6.33. The van der Waals surface area contributed by atoms with Gasteiger partial charge in [0.25, 0.3) is 0 Å². The zero-order valence-corrected chi connectivity index (χ0v) is 14.4. The molecule has 1 aromatic carbocycles. The molecular formula is C20H18N4O. The third-order valence-corrected chi connectivity index (χ3v) is 4.16. The molecule has 0 atom stereocenters. The van der Waals surface area contributed by atoms with Crippen molar-refractivity contribution in [1.82, 2.24) is 9.97 Å². The minimum absolute atomic E-state index is 0.451. The highest BCUT2D eigenvalue weighted by molar-refractivity contribution is 5.99. The summed E-state index contributed by atoms with van der Waals surface area (Å²) in [4.78, 5) is 20.2. The predicted molar refractivity (Wildman–Crippen MR) is 98.0 cm³/mol. The number of nitrogens with zero attached hydrogens (tertiary/aromatic N) is 3. The van der Waals surface area contributed by atoms with Gasteiger partial charge in [0.2, 0.25) is 0 Å². The first kappa shape index (κ1) is 16.6. The summed E-state index contributed by atoms with van der Waals surface area (Å²) in [5.41, 5.74) is 4.52. The Hall–Kier alpha value is -3.26. The van der Waals surface area contributed by atoms with Crippen LogP contribution in [0, 0.1) is 18.3 Å². The van der Waals surface area contributed by atoms with Crippen LogP contribution in [0.1, 0.15) is 35.5 Å². The molecule has 0 aliphatic rings. The molecular weight excluding hydrogens is 312 g/mol. The van der Waals surface area contributed by atoms with Crippen molar-refractivity contribution >= 4 is 28.7 Å². The molecule has 0 radical (unpaired) electrons. The average molecular weight is 330 g/mol. The molecule has 124 valence electrons. The molecule has 0 aliphatic carbocycles. The number of aryl methyl sites for hydroxylation is 1. The van der Waals surface area contributed by atoms with Gasteiger partial charge in [-0.1, -0.05) is 12.1 Å². The lowest BCUT2D eigenvalue weighted by atomic mass is 9.86. The summed E-state index contributed by atoms with van der Waals surface area (Å²) >= 11 is 0. The second-order valence-electron chi connectivity index (χ2n) is 6.47. The summed E-state index contributed by atoms with van der Waals surface area (Å²) in [5.74, 6) is 0. The van der Waals surface area contributed by atoms with E-state index in [0.29, 0.717) is 16.8 Å². The third-order valence-electron chi connectivity index (χ3n) is 4.16. The Labute approximate surface area is 146 Å². The molecule has 2 heterocycles. The van der Waals surface area contributed by atoms with Crippen molar-refractivity contribution in [3.05, 3.63) is 59.4 Å². The van der Waals surface area contributed by atoms with Gasteiger partial charge in [-0.25, -0.2) is 4.98 Å². The molecule has 5 nitrogen and oxygen atoms in total. The number of carbonyl (C=O) groups excluding carboxylic acids is 1. The summed E-state index contributed by atoms with van der Waals surface area (Å²) < 4.78 is 0. The van der Waals surface area contributed by atoms with Gasteiger partial charge >= 0.3 is 0 Å². The molecule has 0 saturated carbocycles. The van der Waals surface area contributed by atoms with Crippen LogP contribution in [0.3, 0.4) is 0 Å². The van der Waals surface area contributed by atoms with Crippen molar-refractivity contribution < 1.29 is 4.79 Å². The van der Waals surface area contributed by atoms with Crippen LogP contribution < -0.4 is 5.32 Å². The number of nitriles is 1. The van der Waals surface area contributed by atoms with Crippen LogP contribution in [-0.4, -0.2) is 16.3 Å². The molecule has 3 aromatic rings. The van der Waals surface area contributed by atoms with Gasteiger partial charge in [-0.2, -0.15) is 5.26 Å². The number of hydrogen-bond acceptors (Lipinski definition) is 5. The maximum atomic E-state index is 11.4. The van der Waals surface area contributed by atoms with Gasteiger partial charge in [0.05, 0.1) is 28.3 Å². The fraction of sp³-hybridized carbons (Fsp3) is 0.200. The zero-order chi connectivity index (χ0) is 18.0. The lowest BCUT2D eigenvalue weighted by Gasteiger charge is -2.17. The lowest BCUT2D eigenvalue weighted by Crippen LogP contribution is -2.13. The topological polar surface area (TPSA) is 78.7 Å². The first-order valence-corrected chi connectivity index (χ1v) is 7.95. The minimum Gasteiger partial charge on any atom is -0.353 e. The molecule has 2 aromatic heterocycles. The van der Waals surface area contributed by atoms with E-state index in [1.807, 2.05) is 57.2 Å². The van der Waals surface area contributed by atoms with Crippen LogP contribution in [0.4, 0.5) is 11.4 Å².